The Hall–Kier alpha value is -2.15. The van der Waals surface area contributed by atoms with Gasteiger partial charge in [0, 0.05) is 12.8 Å². The Morgan fingerprint density at radius 3 is 3.10 bits per heavy atom. The number of aromatic nitrogens is 3. The smallest absolute Gasteiger partial charge is 0.246 e. The first-order valence-electron chi connectivity index (χ1n) is 6.42. The van der Waals surface area contributed by atoms with Crippen LogP contribution in [-0.2, 0) is 17.9 Å². The van der Waals surface area contributed by atoms with Crippen LogP contribution in [0.25, 0.3) is 0 Å². The van der Waals surface area contributed by atoms with Crippen LogP contribution in [0.2, 0.25) is 0 Å². The summed E-state index contributed by atoms with van der Waals surface area (Å²) in [6, 6.07) is 3.97. The van der Waals surface area contributed by atoms with Gasteiger partial charge in [-0.15, -0.1) is 0 Å². The highest BCUT2D eigenvalue weighted by atomic mass is 16.5. The van der Waals surface area contributed by atoms with Crippen LogP contribution in [0.1, 0.15) is 17.4 Å². The van der Waals surface area contributed by atoms with Gasteiger partial charge in [-0.05, 0) is 19.1 Å². The first-order chi connectivity index (χ1) is 9.76. The minimum atomic E-state index is 0.351. The highest BCUT2D eigenvalue weighted by Gasteiger charge is 2.21. The fourth-order valence-electron chi connectivity index (χ4n) is 2.11. The van der Waals surface area contributed by atoms with Gasteiger partial charge in [-0.25, -0.2) is 4.98 Å². The molecule has 0 unspecified atom stereocenters. The number of pyridine rings is 1. The number of nitrogens with zero attached hydrogens (tertiary/aromatic N) is 4. The van der Waals surface area contributed by atoms with Gasteiger partial charge in [0.25, 0.3) is 0 Å². The minimum Gasteiger partial charge on any atom is -0.474 e. The second kappa shape index (κ2) is 5.46. The molecule has 2 aromatic rings. The van der Waals surface area contributed by atoms with E-state index in [0.717, 1.165) is 17.9 Å². The molecule has 2 aromatic heterocycles. The zero-order valence-corrected chi connectivity index (χ0v) is 11.5. The lowest BCUT2D eigenvalue weighted by molar-refractivity contribution is 0.174. The quantitative estimate of drug-likeness (QED) is 0.833. The molecule has 0 saturated heterocycles. The Kier molecular flexibility index (Phi) is 3.51. The van der Waals surface area contributed by atoms with Crippen LogP contribution in [0.5, 0.6) is 5.88 Å². The molecule has 0 aliphatic carbocycles. The lowest BCUT2D eigenvalue weighted by Gasteiger charge is -2.29. The topological polar surface area (TPSA) is 73.5 Å². The molecule has 20 heavy (non-hydrogen) atoms. The zero-order valence-electron chi connectivity index (χ0n) is 11.5. The number of aryl methyl sites for hydroxylation is 1. The monoisotopic (exact) mass is 276 g/mol. The Labute approximate surface area is 116 Å². The van der Waals surface area contributed by atoms with Crippen molar-refractivity contribution in [2.24, 2.45) is 0 Å². The number of fused-ring (bicyclic) bond motifs is 1. The second-order valence-electron chi connectivity index (χ2n) is 4.58. The molecule has 1 aliphatic rings. The first-order valence-corrected chi connectivity index (χ1v) is 6.42. The number of rotatable bonds is 4. The standard InChI is InChI=1S/C13H16N4O3/c1-9-3-4-10-13(14-9)19-6-5-17(10)7-12-15-11(8-18-2)16-20-12/h3-4H,5-8H2,1-2H3. The van der Waals surface area contributed by atoms with Crippen LogP contribution in [0.3, 0.4) is 0 Å². The van der Waals surface area contributed by atoms with Crippen molar-refractivity contribution in [2.45, 2.75) is 20.1 Å². The fourth-order valence-corrected chi connectivity index (χ4v) is 2.11. The maximum absolute atomic E-state index is 5.58. The van der Waals surface area contributed by atoms with Crippen LogP contribution in [0, 0.1) is 6.92 Å². The maximum Gasteiger partial charge on any atom is 0.246 e. The van der Waals surface area contributed by atoms with Crippen molar-refractivity contribution < 1.29 is 14.0 Å². The van der Waals surface area contributed by atoms with Crippen molar-refractivity contribution in [1.82, 2.24) is 15.1 Å². The molecule has 0 bridgehead atoms. The highest BCUT2D eigenvalue weighted by Crippen LogP contribution is 2.30. The normalized spacial score (nSPS) is 14.0. The van der Waals surface area contributed by atoms with E-state index in [2.05, 4.69) is 20.0 Å². The van der Waals surface area contributed by atoms with Crippen molar-refractivity contribution >= 4 is 5.69 Å². The number of methoxy groups -OCH3 is 1. The Balaban J connectivity index is 1.78. The molecule has 0 aromatic carbocycles. The first kappa shape index (κ1) is 12.9. The second-order valence-corrected chi connectivity index (χ2v) is 4.58. The van der Waals surface area contributed by atoms with Gasteiger partial charge in [-0.3, -0.25) is 0 Å². The third-order valence-electron chi connectivity index (χ3n) is 3.03. The van der Waals surface area contributed by atoms with Gasteiger partial charge in [-0.2, -0.15) is 4.98 Å². The number of anilines is 1. The van der Waals surface area contributed by atoms with E-state index in [4.69, 9.17) is 14.0 Å². The van der Waals surface area contributed by atoms with E-state index >= 15 is 0 Å². The number of hydrogen-bond acceptors (Lipinski definition) is 7. The minimum absolute atomic E-state index is 0.351. The van der Waals surface area contributed by atoms with Crippen LogP contribution in [0.4, 0.5) is 5.69 Å². The molecule has 7 heteroatoms. The molecule has 106 valence electrons. The molecule has 0 radical (unpaired) electrons. The molecule has 3 rings (SSSR count). The lowest BCUT2D eigenvalue weighted by Crippen LogP contribution is -2.32. The molecule has 0 fully saturated rings. The number of hydrogen-bond donors (Lipinski definition) is 0. The van der Waals surface area contributed by atoms with E-state index in [0.29, 0.717) is 37.4 Å². The van der Waals surface area contributed by atoms with Crippen LogP contribution >= 0.6 is 0 Å². The summed E-state index contributed by atoms with van der Waals surface area (Å²) in [7, 11) is 1.60. The summed E-state index contributed by atoms with van der Waals surface area (Å²) in [4.78, 5) is 10.8. The van der Waals surface area contributed by atoms with Gasteiger partial charge < -0.3 is 18.9 Å². The van der Waals surface area contributed by atoms with Gasteiger partial charge >= 0.3 is 0 Å². The molecule has 7 nitrogen and oxygen atoms in total. The average molecular weight is 276 g/mol. The van der Waals surface area contributed by atoms with Gasteiger partial charge in [0.2, 0.25) is 11.8 Å². The Morgan fingerprint density at radius 1 is 1.35 bits per heavy atom. The van der Waals surface area contributed by atoms with E-state index in [1.54, 1.807) is 7.11 Å². The third kappa shape index (κ3) is 2.57. The Morgan fingerprint density at radius 2 is 2.25 bits per heavy atom. The molecule has 0 N–H and O–H groups in total. The van der Waals surface area contributed by atoms with Crippen molar-refractivity contribution in [3.05, 3.63) is 29.5 Å². The summed E-state index contributed by atoms with van der Waals surface area (Å²) in [6.07, 6.45) is 0. The van der Waals surface area contributed by atoms with Crippen molar-refractivity contribution in [1.29, 1.82) is 0 Å². The summed E-state index contributed by atoms with van der Waals surface area (Å²) in [5.74, 6) is 1.77. The van der Waals surface area contributed by atoms with E-state index in [1.165, 1.54) is 0 Å². The molecule has 0 atom stereocenters. The molecular formula is C13H16N4O3. The molecule has 0 spiro atoms. The summed E-state index contributed by atoms with van der Waals surface area (Å²) in [5.41, 5.74) is 1.89. The summed E-state index contributed by atoms with van der Waals surface area (Å²) >= 11 is 0. The predicted molar refractivity (Wildman–Crippen MR) is 70.5 cm³/mol. The van der Waals surface area contributed by atoms with E-state index in [-0.39, 0.29) is 0 Å². The van der Waals surface area contributed by atoms with Crippen LogP contribution in [-0.4, -0.2) is 35.4 Å². The van der Waals surface area contributed by atoms with E-state index in [1.807, 2.05) is 19.1 Å². The van der Waals surface area contributed by atoms with Gasteiger partial charge in [0.1, 0.15) is 18.9 Å². The summed E-state index contributed by atoms with van der Waals surface area (Å²) in [5, 5.41) is 3.86. The average Bonchev–Trinajstić information content (AvgIpc) is 2.86. The Bertz CT molecular complexity index is 599. The predicted octanol–water partition coefficient (Wildman–Crippen LogP) is 1.32. The third-order valence-corrected chi connectivity index (χ3v) is 3.03. The summed E-state index contributed by atoms with van der Waals surface area (Å²) < 4.78 is 15.8. The maximum atomic E-state index is 5.58. The summed E-state index contributed by atoms with van der Waals surface area (Å²) in [6.45, 7) is 4.20. The largest absolute Gasteiger partial charge is 0.474 e. The fraction of sp³-hybridized carbons (Fsp3) is 0.462. The SMILES string of the molecule is COCc1noc(CN2CCOc3nc(C)ccc32)n1. The molecule has 0 amide bonds. The van der Waals surface area contributed by atoms with Gasteiger partial charge in [0.05, 0.1) is 13.1 Å². The van der Waals surface area contributed by atoms with Crippen molar-refractivity contribution in [3.63, 3.8) is 0 Å². The van der Waals surface area contributed by atoms with Crippen LogP contribution < -0.4 is 9.64 Å². The number of ether oxygens (including phenoxy) is 2. The van der Waals surface area contributed by atoms with Crippen LogP contribution in [0.15, 0.2) is 16.7 Å². The molecule has 3 heterocycles. The van der Waals surface area contributed by atoms with Crippen molar-refractivity contribution in [3.8, 4) is 5.88 Å². The zero-order chi connectivity index (χ0) is 13.9. The van der Waals surface area contributed by atoms with Crippen molar-refractivity contribution in [2.75, 3.05) is 25.2 Å². The molecule has 0 saturated carbocycles. The highest BCUT2D eigenvalue weighted by molar-refractivity contribution is 5.56. The van der Waals surface area contributed by atoms with E-state index < -0.39 is 0 Å². The van der Waals surface area contributed by atoms with Gasteiger partial charge in [-0.1, -0.05) is 5.16 Å². The lowest BCUT2D eigenvalue weighted by atomic mass is 10.3. The molecule has 1 aliphatic heterocycles. The molecular weight excluding hydrogens is 260 g/mol. The van der Waals surface area contributed by atoms with E-state index in [9.17, 15) is 0 Å². The van der Waals surface area contributed by atoms with Gasteiger partial charge in [0.15, 0.2) is 5.82 Å².